The second kappa shape index (κ2) is 6.66. The van der Waals surface area contributed by atoms with Crippen molar-refractivity contribution in [3.8, 4) is 0 Å². The van der Waals surface area contributed by atoms with E-state index in [0.29, 0.717) is 22.7 Å². The highest BCUT2D eigenvalue weighted by atomic mass is 32.2. The summed E-state index contributed by atoms with van der Waals surface area (Å²) in [4.78, 5) is 25.6. The Morgan fingerprint density at radius 2 is 2.35 bits per heavy atom. The molecule has 1 fully saturated rings. The molecule has 0 radical (unpaired) electrons. The molecule has 3 heterocycles. The smallest absolute Gasteiger partial charge is 0.336 e. The van der Waals surface area contributed by atoms with Crippen LogP contribution >= 0.6 is 23.5 Å². The summed E-state index contributed by atoms with van der Waals surface area (Å²) in [5, 5.41) is 11.3. The zero-order valence-electron chi connectivity index (χ0n) is 12.9. The number of esters is 1. The molecule has 0 amide bonds. The summed E-state index contributed by atoms with van der Waals surface area (Å²) >= 11 is 3.08. The first-order valence-electron chi connectivity index (χ1n) is 7.39. The number of carbonyl (C=O) groups is 1. The molecule has 0 aliphatic carbocycles. The van der Waals surface area contributed by atoms with Gasteiger partial charge in [-0.15, -0.1) is 11.8 Å². The van der Waals surface area contributed by atoms with Crippen LogP contribution in [0.4, 0.5) is 0 Å². The second-order valence-electron chi connectivity index (χ2n) is 5.07. The van der Waals surface area contributed by atoms with Gasteiger partial charge in [-0.25, -0.2) is 19.7 Å². The number of hydrogen-bond donors (Lipinski definition) is 1. The van der Waals surface area contributed by atoms with E-state index in [1.165, 1.54) is 18.1 Å². The highest BCUT2D eigenvalue weighted by Crippen LogP contribution is 2.38. The Bertz CT molecular complexity index is 723. The maximum atomic E-state index is 12.6. The molecule has 1 aliphatic rings. The molecule has 2 aromatic rings. The van der Waals surface area contributed by atoms with Crippen LogP contribution in [0.2, 0.25) is 0 Å². The zero-order chi connectivity index (χ0) is 16.4. The van der Waals surface area contributed by atoms with Crippen LogP contribution in [0.3, 0.4) is 0 Å². The topological polar surface area (TPSA) is 90.1 Å². The van der Waals surface area contributed by atoms with Crippen LogP contribution in [-0.2, 0) is 15.1 Å². The van der Waals surface area contributed by atoms with Crippen LogP contribution < -0.4 is 0 Å². The first-order valence-corrected chi connectivity index (χ1v) is 9.53. The lowest BCUT2D eigenvalue weighted by atomic mass is 9.95. The molecule has 124 valence electrons. The molecule has 2 aromatic heterocycles. The Balaban J connectivity index is 2.16. The maximum absolute atomic E-state index is 12.6. The number of carbonyl (C=O) groups excluding carboxylic acids is 1. The molecule has 9 heteroatoms. The van der Waals surface area contributed by atoms with Gasteiger partial charge < -0.3 is 9.84 Å². The minimum atomic E-state index is -1.18. The first-order chi connectivity index (χ1) is 11.1. The van der Waals surface area contributed by atoms with Crippen LogP contribution in [-0.4, -0.2) is 60.6 Å². The monoisotopic (exact) mass is 354 g/mol. The van der Waals surface area contributed by atoms with E-state index in [2.05, 4.69) is 15.0 Å². The lowest BCUT2D eigenvalue weighted by Gasteiger charge is -2.30. The average Bonchev–Trinajstić information content (AvgIpc) is 3.13. The fraction of sp³-hybridized carbons (Fsp3) is 0.571. The third-order valence-corrected chi connectivity index (χ3v) is 5.85. The number of aliphatic hydroxyl groups excluding tert-OH is 1. The molecule has 2 unspecified atom stereocenters. The van der Waals surface area contributed by atoms with E-state index in [4.69, 9.17) is 4.74 Å². The summed E-state index contributed by atoms with van der Waals surface area (Å²) in [6.45, 7) is 4.05. The summed E-state index contributed by atoms with van der Waals surface area (Å²) in [7, 11) is 0. The lowest BCUT2D eigenvalue weighted by Crippen LogP contribution is -2.51. The van der Waals surface area contributed by atoms with Crippen molar-refractivity contribution in [3.63, 3.8) is 0 Å². The minimum absolute atomic E-state index is 0.260. The van der Waals surface area contributed by atoms with Gasteiger partial charge in [0.25, 0.3) is 0 Å². The van der Waals surface area contributed by atoms with E-state index in [1.54, 1.807) is 29.6 Å². The molecule has 1 aliphatic heterocycles. The third-order valence-electron chi connectivity index (χ3n) is 3.79. The van der Waals surface area contributed by atoms with Gasteiger partial charge in [-0.2, -0.15) is 11.8 Å². The molecule has 2 atom stereocenters. The standard InChI is InChI=1S/C14H18N4O3S2/c1-3-21-13(20)14(6-22-5-9(14)19)18-8-17-10-11(18)15-7-16-12(10)23-4-2/h7-9,19H,3-6H2,1-2H3. The molecule has 1 saturated heterocycles. The molecular weight excluding hydrogens is 336 g/mol. The Morgan fingerprint density at radius 1 is 1.52 bits per heavy atom. The Hall–Kier alpha value is -1.32. The van der Waals surface area contributed by atoms with Crippen molar-refractivity contribution in [1.82, 2.24) is 19.5 Å². The predicted molar refractivity (Wildman–Crippen MR) is 89.7 cm³/mol. The van der Waals surface area contributed by atoms with Crippen LogP contribution in [0.15, 0.2) is 17.7 Å². The molecular formula is C14H18N4O3S2. The van der Waals surface area contributed by atoms with Crippen molar-refractivity contribution in [3.05, 3.63) is 12.7 Å². The van der Waals surface area contributed by atoms with E-state index < -0.39 is 17.6 Å². The van der Waals surface area contributed by atoms with Gasteiger partial charge in [0, 0.05) is 11.5 Å². The fourth-order valence-electron chi connectivity index (χ4n) is 2.69. The summed E-state index contributed by atoms with van der Waals surface area (Å²) in [5.41, 5.74) is 0.00969. The number of aromatic nitrogens is 4. The number of thioether (sulfide) groups is 2. The summed E-state index contributed by atoms with van der Waals surface area (Å²) in [5.74, 6) is 1.32. The van der Waals surface area contributed by atoms with Crippen LogP contribution in [0, 0.1) is 0 Å². The van der Waals surface area contributed by atoms with Gasteiger partial charge in [0.15, 0.2) is 11.2 Å². The zero-order valence-corrected chi connectivity index (χ0v) is 14.6. The van der Waals surface area contributed by atoms with Crippen molar-refractivity contribution in [2.75, 3.05) is 23.9 Å². The summed E-state index contributed by atoms with van der Waals surface area (Å²) < 4.78 is 6.90. The number of fused-ring (bicyclic) bond motifs is 1. The molecule has 0 aromatic carbocycles. The molecule has 3 rings (SSSR count). The van der Waals surface area contributed by atoms with Crippen LogP contribution in [0.5, 0.6) is 0 Å². The fourth-order valence-corrected chi connectivity index (χ4v) is 4.74. The first kappa shape index (κ1) is 16.5. The largest absolute Gasteiger partial charge is 0.464 e. The summed E-state index contributed by atoms with van der Waals surface area (Å²) in [6.07, 6.45) is 2.18. The van der Waals surface area contributed by atoms with Gasteiger partial charge in [-0.05, 0) is 12.7 Å². The molecule has 7 nitrogen and oxygen atoms in total. The quantitative estimate of drug-likeness (QED) is 0.488. The van der Waals surface area contributed by atoms with Crippen molar-refractivity contribution in [2.24, 2.45) is 0 Å². The number of imidazole rings is 1. The number of hydrogen-bond acceptors (Lipinski definition) is 8. The van der Waals surface area contributed by atoms with Gasteiger partial charge in [0.2, 0.25) is 0 Å². The van der Waals surface area contributed by atoms with E-state index in [1.807, 2.05) is 6.92 Å². The molecule has 0 saturated carbocycles. The predicted octanol–water partition coefficient (Wildman–Crippen LogP) is 1.30. The number of aliphatic hydroxyl groups is 1. The second-order valence-corrected chi connectivity index (χ2v) is 7.36. The van der Waals surface area contributed by atoms with Crippen LogP contribution in [0.1, 0.15) is 13.8 Å². The van der Waals surface area contributed by atoms with Gasteiger partial charge in [0.05, 0.1) is 19.0 Å². The third kappa shape index (κ3) is 2.60. The average molecular weight is 354 g/mol. The minimum Gasteiger partial charge on any atom is -0.464 e. The van der Waals surface area contributed by atoms with Gasteiger partial charge in [0.1, 0.15) is 16.9 Å². The van der Waals surface area contributed by atoms with Crippen molar-refractivity contribution in [1.29, 1.82) is 0 Å². The van der Waals surface area contributed by atoms with Crippen molar-refractivity contribution >= 4 is 40.7 Å². The maximum Gasteiger partial charge on any atom is 0.336 e. The molecule has 0 spiro atoms. The lowest BCUT2D eigenvalue weighted by molar-refractivity contribution is -0.157. The Labute approximate surface area is 142 Å². The van der Waals surface area contributed by atoms with E-state index in [-0.39, 0.29) is 6.61 Å². The normalized spacial score (nSPS) is 24.2. The Morgan fingerprint density at radius 3 is 3.00 bits per heavy atom. The van der Waals surface area contributed by atoms with Crippen molar-refractivity contribution < 1.29 is 14.6 Å². The van der Waals surface area contributed by atoms with Crippen molar-refractivity contribution in [2.45, 2.75) is 30.5 Å². The SMILES string of the molecule is CCOC(=O)C1(n2cnc3c(SCC)ncnc32)CSCC1O. The van der Waals surface area contributed by atoms with Crippen LogP contribution in [0.25, 0.3) is 11.2 Å². The highest BCUT2D eigenvalue weighted by Gasteiger charge is 2.53. The van der Waals surface area contributed by atoms with Gasteiger partial charge >= 0.3 is 5.97 Å². The van der Waals surface area contributed by atoms with Gasteiger partial charge in [-0.3, -0.25) is 4.57 Å². The number of ether oxygens (including phenoxy) is 1. The van der Waals surface area contributed by atoms with E-state index in [0.717, 1.165) is 10.8 Å². The highest BCUT2D eigenvalue weighted by molar-refractivity contribution is 7.99. The summed E-state index contributed by atoms with van der Waals surface area (Å²) in [6, 6.07) is 0. The number of rotatable bonds is 5. The molecule has 23 heavy (non-hydrogen) atoms. The number of nitrogens with zero attached hydrogens (tertiary/aromatic N) is 4. The van der Waals surface area contributed by atoms with E-state index >= 15 is 0 Å². The Kier molecular flexibility index (Phi) is 4.79. The molecule has 1 N–H and O–H groups in total. The van der Waals surface area contributed by atoms with E-state index in [9.17, 15) is 9.90 Å². The van der Waals surface area contributed by atoms with Gasteiger partial charge in [-0.1, -0.05) is 6.92 Å². The molecule has 0 bridgehead atoms.